The molecule has 16 heavy (non-hydrogen) atoms. The van der Waals surface area contributed by atoms with Gasteiger partial charge in [0.05, 0.1) is 10.2 Å². The third kappa shape index (κ3) is 2.20. The number of rotatable bonds is 3. The molecule has 0 fully saturated rings. The first-order chi connectivity index (χ1) is 7.70. The van der Waals surface area contributed by atoms with Gasteiger partial charge in [-0.15, -0.1) is 0 Å². The summed E-state index contributed by atoms with van der Waals surface area (Å²) in [7, 11) is 1.49. The van der Waals surface area contributed by atoms with Gasteiger partial charge in [-0.05, 0) is 18.6 Å². The summed E-state index contributed by atoms with van der Waals surface area (Å²) in [6, 6.07) is 5.98. The lowest BCUT2D eigenvalue weighted by Gasteiger charge is -1.98. The normalized spacial score (nSPS) is 10.6. The van der Waals surface area contributed by atoms with Crippen LogP contribution in [-0.2, 0) is 9.53 Å². The number of anilines is 1. The van der Waals surface area contributed by atoms with E-state index in [-0.39, 0.29) is 12.5 Å². The van der Waals surface area contributed by atoms with Gasteiger partial charge in [0.2, 0.25) is 0 Å². The number of carbonyl (C=O) groups excluding carboxylic acids is 1. The first-order valence-electron chi connectivity index (χ1n) is 4.85. The van der Waals surface area contributed by atoms with Gasteiger partial charge in [-0.2, -0.15) is 0 Å². The van der Waals surface area contributed by atoms with Crippen LogP contribution in [0.15, 0.2) is 18.2 Å². The smallest absolute Gasteiger partial charge is 0.252 e. The topological polar surface area (TPSA) is 51.2 Å². The number of nitrogens with one attached hydrogen (secondary N) is 1. The van der Waals surface area contributed by atoms with Gasteiger partial charge < -0.3 is 4.74 Å². The van der Waals surface area contributed by atoms with Gasteiger partial charge in [-0.3, -0.25) is 10.1 Å². The maximum Gasteiger partial charge on any atom is 0.252 e. The summed E-state index contributed by atoms with van der Waals surface area (Å²) < 4.78 is 5.82. The second-order valence-electron chi connectivity index (χ2n) is 3.42. The van der Waals surface area contributed by atoms with Crippen LogP contribution in [0, 0.1) is 6.92 Å². The van der Waals surface area contributed by atoms with E-state index in [0.717, 1.165) is 15.8 Å². The summed E-state index contributed by atoms with van der Waals surface area (Å²) in [5, 5.41) is 3.32. The predicted molar refractivity (Wildman–Crippen MR) is 64.9 cm³/mol. The van der Waals surface area contributed by atoms with E-state index in [4.69, 9.17) is 4.74 Å². The van der Waals surface area contributed by atoms with Crippen LogP contribution in [0.3, 0.4) is 0 Å². The SMILES string of the molecule is COCC(=O)Nc1nc2c(C)cccc2s1. The Morgan fingerprint density at radius 1 is 1.56 bits per heavy atom. The molecule has 0 bridgehead atoms. The second kappa shape index (κ2) is 4.59. The maximum absolute atomic E-state index is 11.3. The van der Waals surface area contributed by atoms with Crippen molar-refractivity contribution in [2.75, 3.05) is 19.0 Å². The van der Waals surface area contributed by atoms with Crippen LogP contribution in [0.25, 0.3) is 10.2 Å². The van der Waals surface area contributed by atoms with Crippen molar-refractivity contribution >= 4 is 32.6 Å². The molecule has 5 heteroatoms. The zero-order chi connectivity index (χ0) is 11.5. The van der Waals surface area contributed by atoms with E-state index in [0.29, 0.717) is 5.13 Å². The van der Waals surface area contributed by atoms with Crippen LogP contribution in [0.5, 0.6) is 0 Å². The first-order valence-corrected chi connectivity index (χ1v) is 5.67. The quantitative estimate of drug-likeness (QED) is 0.888. The lowest BCUT2D eigenvalue weighted by molar-refractivity contribution is -0.119. The van der Waals surface area contributed by atoms with Crippen LogP contribution in [-0.4, -0.2) is 24.6 Å². The number of hydrogen-bond acceptors (Lipinski definition) is 4. The average Bonchev–Trinajstić information content (AvgIpc) is 2.62. The van der Waals surface area contributed by atoms with Crippen molar-refractivity contribution in [2.24, 2.45) is 0 Å². The summed E-state index contributed by atoms with van der Waals surface area (Å²) in [5.74, 6) is -0.181. The molecule has 84 valence electrons. The van der Waals surface area contributed by atoms with Crippen LogP contribution < -0.4 is 5.32 Å². The Morgan fingerprint density at radius 2 is 2.38 bits per heavy atom. The Hall–Kier alpha value is -1.46. The third-order valence-electron chi connectivity index (χ3n) is 2.14. The molecule has 1 aromatic heterocycles. The Balaban J connectivity index is 2.26. The van der Waals surface area contributed by atoms with Gasteiger partial charge in [0.25, 0.3) is 5.91 Å². The van der Waals surface area contributed by atoms with E-state index < -0.39 is 0 Å². The largest absolute Gasteiger partial charge is 0.375 e. The maximum atomic E-state index is 11.3. The molecule has 2 aromatic rings. The number of aryl methyl sites for hydroxylation is 1. The first kappa shape index (κ1) is 11.0. The molecule has 0 saturated heterocycles. The molecule has 0 spiro atoms. The van der Waals surface area contributed by atoms with E-state index in [1.807, 2.05) is 25.1 Å². The lowest BCUT2D eigenvalue weighted by Crippen LogP contribution is -2.16. The molecule has 0 aliphatic rings. The molecule has 1 heterocycles. The number of nitrogens with zero attached hydrogens (tertiary/aromatic N) is 1. The third-order valence-corrected chi connectivity index (χ3v) is 3.08. The molecule has 0 unspecified atom stereocenters. The highest BCUT2D eigenvalue weighted by molar-refractivity contribution is 7.22. The second-order valence-corrected chi connectivity index (χ2v) is 4.45. The van der Waals surface area contributed by atoms with E-state index >= 15 is 0 Å². The van der Waals surface area contributed by atoms with E-state index in [1.165, 1.54) is 18.4 Å². The minimum absolute atomic E-state index is 0.0505. The Bertz CT molecular complexity index is 522. The van der Waals surface area contributed by atoms with Crippen molar-refractivity contribution in [3.05, 3.63) is 23.8 Å². The number of methoxy groups -OCH3 is 1. The van der Waals surface area contributed by atoms with Gasteiger partial charge in [0.1, 0.15) is 6.61 Å². The molecule has 0 atom stereocenters. The van der Waals surface area contributed by atoms with Crippen molar-refractivity contribution in [3.63, 3.8) is 0 Å². The van der Waals surface area contributed by atoms with E-state index in [2.05, 4.69) is 10.3 Å². The van der Waals surface area contributed by atoms with Crippen LogP contribution in [0.4, 0.5) is 5.13 Å². The molecular formula is C11H12N2O2S. The highest BCUT2D eigenvalue weighted by Gasteiger charge is 2.08. The standard InChI is InChI=1S/C11H12N2O2S/c1-7-4-3-5-8-10(7)13-11(16-8)12-9(14)6-15-2/h3-5H,6H2,1-2H3,(H,12,13,14). The molecule has 1 amide bonds. The molecular weight excluding hydrogens is 224 g/mol. The fourth-order valence-corrected chi connectivity index (χ4v) is 2.39. The lowest BCUT2D eigenvalue weighted by atomic mass is 10.2. The summed E-state index contributed by atoms with van der Waals surface area (Å²) in [6.07, 6.45) is 0. The van der Waals surface area contributed by atoms with Crippen molar-refractivity contribution < 1.29 is 9.53 Å². The monoisotopic (exact) mass is 236 g/mol. The van der Waals surface area contributed by atoms with Crippen LogP contribution in [0.2, 0.25) is 0 Å². The number of benzene rings is 1. The van der Waals surface area contributed by atoms with Gasteiger partial charge in [-0.1, -0.05) is 23.5 Å². The number of thiazole rings is 1. The molecule has 0 saturated carbocycles. The van der Waals surface area contributed by atoms with E-state index in [1.54, 1.807) is 0 Å². The Kier molecular flexibility index (Phi) is 3.17. The Morgan fingerprint density at radius 3 is 3.06 bits per heavy atom. The minimum Gasteiger partial charge on any atom is -0.375 e. The van der Waals surface area contributed by atoms with Crippen LogP contribution in [0.1, 0.15) is 5.56 Å². The van der Waals surface area contributed by atoms with Crippen molar-refractivity contribution in [1.82, 2.24) is 4.98 Å². The van der Waals surface area contributed by atoms with Gasteiger partial charge in [0.15, 0.2) is 5.13 Å². The summed E-state index contributed by atoms with van der Waals surface area (Å²) in [6.45, 7) is 2.05. The summed E-state index contributed by atoms with van der Waals surface area (Å²) in [4.78, 5) is 15.7. The zero-order valence-electron chi connectivity index (χ0n) is 9.11. The number of carbonyl (C=O) groups is 1. The minimum atomic E-state index is -0.181. The number of para-hydroxylation sites is 1. The van der Waals surface area contributed by atoms with Crippen molar-refractivity contribution in [2.45, 2.75) is 6.92 Å². The van der Waals surface area contributed by atoms with Gasteiger partial charge >= 0.3 is 0 Å². The molecule has 4 nitrogen and oxygen atoms in total. The predicted octanol–water partition coefficient (Wildman–Crippen LogP) is 2.19. The number of hydrogen-bond donors (Lipinski definition) is 1. The summed E-state index contributed by atoms with van der Waals surface area (Å²) >= 11 is 1.47. The average molecular weight is 236 g/mol. The number of amides is 1. The van der Waals surface area contributed by atoms with Gasteiger partial charge in [0, 0.05) is 7.11 Å². The highest BCUT2D eigenvalue weighted by Crippen LogP contribution is 2.27. The molecule has 1 N–H and O–H groups in total. The van der Waals surface area contributed by atoms with Crippen LogP contribution >= 0.6 is 11.3 Å². The van der Waals surface area contributed by atoms with E-state index in [9.17, 15) is 4.79 Å². The Labute approximate surface area is 97.3 Å². The molecule has 2 rings (SSSR count). The molecule has 0 radical (unpaired) electrons. The fraction of sp³-hybridized carbons (Fsp3) is 0.273. The highest BCUT2D eigenvalue weighted by atomic mass is 32.1. The number of aromatic nitrogens is 1. The number of ether oxygens (including phenoxy) is 1. The fourth-order valence-electron chi connectivity index (χ4n) is 1.43. The van der Waals surface area contributed by atoms with Crippen molar-refractivity contribution in [3.8, 4) is 0 Å². The molecule has 0 aliphatic heterocycles. The molecule has 0 aliphatic carbocycles. The summed E-state index contributed by atoms with van der Waals surface area (Å²) in [5.41, 5.74) is 2.06. The van der Waals surface area contributed by atoms with Crippen molar-refractivity contribution in [1.29, 1.82) is 0 Å². The number of fused-ring (bicyclic) bond motifs is 1. The van der Waals surface area contributed by atoms with Gasteiger partial charge in [-0.25, -0.2) is 4.98 Å². The zero-order valence-corrected chi connectivity index (χ0v) is 9.93. The molecule has 1 aromatic carbocycles.